The molecule has 2 heterocycles. The molecule has 3 aromatic carbocycles. The Kier molecular flexibility index (Phi) is 9.93. The molecule has 0 aliphatic carbocycles. The number of aryl methyl sites for hydroxylation is 1. The summed E-state index contributed by atoms with van der Waals surface area (Å²) in [7, 11) is 3.83. The van der Waals surface area contributed by atoms with Crippen molar-refractivity contribution in [1.82, 2.24) is 10.2 Å². The van der Waals surface area contributed by atoms with Gasteiger partial charge in [-0.05, 0) is 74.7 Å². The van der Waals surface area contributed by atoms with Crippen molar-refractivity contribution in [2.45, 2.75) is 52.3 Å². The van der Waals surface area contributed by atoms with Crippen LogP contribution in [0.3, 0.4) is 0 Å². The molecule has 2 unspecified atom stereocenters. The van der Waals surface area contributed by atoms with Crippen molar-refractivity contribution in [3.8, 4) is 28.4 Å². The number of hydrogen-bond donors (Lipinski definition) is 1. The molecule has 0 aromatic heterocycles. The van der Waals surface area contributed by atoms with E-state index in [1.807, 2.05) is 37.3 Å². The van der Waals surface area contributed by atoms with Crippen molar-refractivity contribution >= 4 is 17.6 Å². The van der Waals surface area contributed by atoms with E-state index in [-0.39, 0.29) is 12.0 Å². The Morgan fingerprint density at radius 1 is 1.02 bits per heavy atom. The smallest absolute Gasteiger partial charge is 0.307 e. The van der Waals surface area contributed by atoms with Gasteiger partial charge in [0.1, 0.15) is 30.5 Å². The molecule has 7 nitrogen and oxygen atoms in total. The predicted octanol–water partition coefficient (Wildman–Crippen LogP) is 6.34. The number of esters is 1. The summed E-state index contributed by atoms with van der Waals surface area (Å²) in [4.78, 5) is 13.8. The van der Waals surface area contributed by atoms with Gasteiger partial charge in [0.25, 0.3) is 0 Å². The van der Waals surface area contributed by atoms with E-state index in [0.717, 1.165) is 63.7 Å². The second-order valence-corrected chi connectivity index (χ2v) is 11.9. The summed E-state index contributed by atoms with van der Waals surface area (Å²) in [6, 6.07) is 16.3. The van der Waals surface area contributed by atoms with Gasteiger partial charge in [-0.15, -0.1) is 0 Å². The molecule has 2 atom stereocenters. The summed E-state index contributed by atoms with van der Waals surface area (Å²) in [6.45, 7) is 8.41. The maximum Gasteiger partial charge on any atom is 0.307 e. The Morgan fingerprint density at radius 2 is 1.83 bits per heavy atom. The van der Waals surface area contributed by atoms with Gasteiger partial charge in [-0.1, -0.05) is 41.9 Å². The molecule has 224 valence electrons. The Labute approximate surface area is 254 Å². The molecular formula is C34H41ClN2O5. The van der Waals surface area contributed by atoms with Gasteiger partial charge in [-0.3, -0.25) is 4.79 Å². The number of ether oxygens (including phenoxy) is 4. The van der Waals surface area contributed by atoms with Crippen molar-refractivity contribution in [1.29, 1.82) is 0 Å². The number of carbonyl (C=O) groups is 1. The molecule has 42 heavy (non-hydrogen) atoms. The minimum absolute atomic E-state index is 0.0216. The highest BCUT2D eigenvalue weighted by Gasteiger charge is 2.24. The Bertz CT molecular complexity index is 1410. The van der Waals surface area contributed by atoms with Gasteiger partial charge in [-0.2, -0.15) is 0 Å². The highest BCUT2D eigenvalue weighted by molar-refractivity contribution is 6.34. The van der Waals surface area contributed by atoms with Crippen molar-refractivity contribution in [3.63, 3.8) is 0 Å². The molecule has 8 heteroatoms. The van der Waals surface area contributed by atoms with E-state index in [1.165, 1.54) is 12.8 Å². The molecule has 1 N–H and O–H groups in total. The average molecular weight is 593 g/mol. The largest absolute Gasteiger partial charge is 0.496 e. The number of piperidine rings is 1. The zero-order chi connectivity index (χ0) is 29.6. The van der Waals surface area contributed by atoms with Crippen LogP contribution in [0.1, 0.15) is 41.5 Å². The number of nitrogens with zero attached hydrogens (tertiary/aromatic N) is 1. The van der Waals surface area contributed by atoms with Crippen LogP contribution in [0.2, 0.25) is 5.02 Å². The second-order valence-electron chi connectivity index (χ2n) is 11.5. The van der Waals surface area contributed by atoms with Crippen LogP contribution in [0.15, 0.2) is 48.5 Å². The van der Waals surface area contributed by atoms with Gasteiger partial charge >= 0.3 is 5.97 Å². The number of halogens is 1. The molecule has 0 spiro atoms. The lowest BCUT2D eigenvalue weighted by molar-refractivity contribution is -0.137. The fourth-order valence-electron chi connectivity index (χ4n) is 5.85. The maximum atomic E-state index is 11.4. The predicted molar refractivity (Wildman–Crippen MR) is 166 cm³/mol. The molecule has 0 saturated carbocycles. The summed E-state index contributed by atoms with van der Waals surface area (Å²) < 4.78 is 23.3. The van der Waals surface area contributed by atoms with E-state index >= 15 is 0 Å². The first kappa shape index (κ1) is 30.2. The number of nitrogens with one attached hydrogen (secondary N) is 1. The van der Waals surface area contributed by atoms with Gasteiger partial charge < -0.3 is 29.2 Å². The summed E-state index contributed by atoms with van der Waals surface area (Å²) in [5.41, 5.74) is 6.23. The average Bonchev–Trinajstić information content (AvgIpc) is 3.40. The third-order valence-corrected chi connectivity index (χ3v) is 8.69. The quantitative estimate of drug-likeness (QED) is 0.261. The van der Waals surface area contributed by atoms with Crippen LogP contribution in [-0.4, -0.2) is 57.4 Å². The normalized spacial score (nSPS) is 19.0. The third kappa shape index (κ3) is 7.20. The highest BCUT2D eigenvalue weighted by atomic mass is 35.5. The molecule has 2 aliphatic heterocycles. The van der Waals surface area contributed by atoms with Crippen molar-refractivity contribution in [2.75, 3.05) is 40.5 Å². The van der Waals surface area contributed by atoms with Crippen LogP contribution in [0, 0.1) is 19.8 Å². The number of rotatable bonds is 11. The molecular weight excluding hydrogens is 552 g/mol. The number of benzene rings is 3. The molecule has 0 bridgehead atoms. The summed E-state index contributed by atoms with van der Waals surface area (Å²) in [5, 5.41) is 4.02. The molecule has 2 saturated heterocycles. The van der Waals surface area contributed by atoms with Crippen LogP contribution in [0.25, 0.3) is 11.1 Å². The highest BCUT2D eigenvalue weighted by Crippen LogP contribution is 2.38. The monoisotopic (exact) mass is 592 g/mol. The lowest BCUT2D eigenvalue weighted by Gasteiger charge is -2.29. The van der Waals surface area contributed by atoms with Crippen molar-refractivity contribution in [2.24, 2.45) is 5.92 Å². The Morgan fingerprint density at radius 3 is 2.60 bits per heavy atom. The first-order valence-corrected chi connectivity index (χ1v) is 15.1. The lowest BCUT2D eigenvalue weighted by atomic mass is 9.96. The molecule has 0 radical (unpaired) electrons. The zero-order valence-electron chi connectivity index (χ0n) is 25.0. The number of carbonyl (C=O) groups excluding carboxylic acids is 1. The molecule has 5 rings (SSSR count). The summed E-state index contributed by atoms with van der Waals surface area (Å²) in [6.07, 6.45) is 2.78. The number of methoxy groups -OCH3 is 1. The number of likely N-dealkylation sites (tertiary alicyclic amines) is 1. The number of hydrogen-bond acceptors (Lipinski definition) is 7. The molecule has 3 aromatic rings. The number of cyclic esters (lactones) is 1. The van der Waals surface area contributed by atoms with Gasteiger partial charge in [0, 0.05) is 36.2 Å². The van der Waals surface area contributed by atoms with Crippen LogP contribution in [0.5, 0.6) is 17.2 Å². The Hall–Kier alpha value is -3.26. The van der Waals surface area contributed by atoms with Crippen LogP contribution in [-0.2, 0) is 22.7 Å². The standard InChI is InChI=1S/C34H41ClN2O5/c1-22-14-26(17-36-27-15-33(38)42-21-27)32(39-4)16-31(22)41-20-25-9-5-10-28(23(25)2)29-11-6-12-30(34(29)35)40-19-24-8-7-13-37(3)18-24/h5-6,9-12,14,16,24,27,36H,7-8,13,15,17-21H2,1-4H3. The first-order chi connectivity index (χ1) is 20.3. The summed E-state index contributed by atoms with van der Waals surface area (Å²) >= 11 is 6.92. The fourth-order valence-corrected chi connectivity index (χ4v) is 6.13. The zero-order valence-corrected chi connectivity index (χ0v) is 25.8. The maximum absolute atomic E-state index is 11.4. The van der Waals surface area contributed by atoms with E-state index in [1.54, 1.807) is 7.11 Å². The Balaban J connectivity index is 1.27. The molecule has 0 amide bonds. The van der Waals surface area contributed by atoms with Gasteiger partial charge in [0.2, 0.25) is 0 Å². The minimum Gasteiger partial charge on any atom is -0.496 e. The van der Waals surface area contributed by atoms with Gasteiger partial charge in [-0.25, -0.2) is 0 Å². The van der Waals surface area contributed by atoms with Crippen molar-refractivity contribution in [3.05, 3.63) is 75.8 Å². The topological polar surface area (TPSA) is 69.3 Å². The summed E-state index contributed by atoms with van der Waals surface area (Å²) in [5.74, 6) is 2.59. The van der Waals surface area contributed by atoms with Crippen LogP contribution >= 0.6 is 11.6 Å². The first-order valence-electron chi connectivity index (χ1n) is 14.7. The second kappa shape index (κ2) is 13.8. The van der Waals surface area contributed by atoms with Crippen LogP contribution in [0.4, 0.5) is 0 Å². The van der Waals surface area contributed by atoms with Gasteiger partial charge in [0.15, 0.2) is 0 Å². The SMILES string of the molecule is COc1cc(OCc2cccc(-c3cccc(OCC4CCCN(C)C4)c3Cl)c2C)c(C)cc1CNC1COC(=O)C1. The third-order valence-electron chi connectivity index (χ3n) is 8.30. The minimum atomic E-state index is -0.162. The fraction of sp³-hybridized carbons (Fsp3) is 0.441. The van der Waals surface area contributed by atoms with Gasteiger partial charge in [0.05, 0.1) is 31.2 Å². The lowest BCUT2D eigenvalue weighted by Crippen LogP contribution is -2.34. The van der Waals surface area contributed by atoms with E-state index in [9.17, 15) is 4.79 Å². The molecule has 2 aliphatic rings. The molecule has 2 fully saturated rings. The van der Waals surface area contributed by atoms with Crippen molar-refractivity contribution < 1.29 is 23.7 Å². The van der Waals surface area contributed by atoms with E-state index in [0.29, 0.717) is 43.7 Å². The van der Waals surface area contributed by atoms with E-state index in [4.69, 9.17) is 30.5 Å². The van der Waals surface area contributed by atoms with Crippen LogP contribution < -0.4 is 19.5 Å². The van der Waals surface area contributed by atoms with E-state index in [2.05, 4.69) is 42.4 Å². The van der Waals surface area contributed by atoms with E-state index < -0.39 is 0 Å².